The number of anilines is 1. The van der Waals surface area contributed by atoms with E-state index in [0.717, 1.165) is 36.3 Å². The molecule has 2 aliphatic rings. The molecule has 1 amide bonds. The first-order valence-corrected chi connectivity index (χ1v) is 9.58. The molecule has 0 spiro atoms. The number of fused-ring (bicyclic) bond motifs is 2. The molecule has 0 radical (unpaired) electrons. The highest BCUT2D eigenvalue weighted by Gasteiger charge is 2.54. The van der Waals surface area contributed by atoms with Crippen LogP contribution in [0.3, 0.4) is 0 Å². The molecule has 2 saturated carbocycles. The predicted octanol–water partition coefficient (Wildman–Crippen LogP) is 3.50. The number of aliphatic carboxylic acids is 1. The van der Waals surface area contributed by atoms with E-state index in [9.17, 15) is 14.7 Å². The van der Waals surface area contributed by atoms with E-state index in [2.05, 4.69) is 10.3 Å². The Labute approximate surface area is 155 Å². The van der Waals surface area contributed by atoms with Gasteiger partial charge in [-0.3, -0.25) is 9.59 Å². The molecule has 26 heavy (non-hydrogen) atoms. The molecule has 1 aromatic carbocycles. The number of nitrogens with zero attached hydrogens (tertiary/aromatic N) is 1. The van der Waals surface area contributed by atoms with E-state index in [-0.39, 0.29) is 17.7 Å². The van der Waals surface area contributed by atoms with Gasteiger partial charge in [0.05, 0.1) is 24.6 Å². The van der Waals surface area contributed by atoms with Gasteiger partial charge in [0.25, 0.3) is 0 Å². The maximum Gasteiger partial charge on any atom is 0.307 e. The van der Waals surface area contributed by atoms with Crippen LogP contribution in [0, 0.1) is 23.7 Å². The van der Waals surface area contributed by atoms with Crippen LogP contribution in [0.4, 0.5) is 5.13 Å². The SMILES string of the molecule is COc1ccc(-c2csc(NC(=O)[C@H]3[C@H]4CC[C@@H](C4)[C@H]3C(=O)O)n2)cc1. The second-order valence-electron chi connectivity index (χ2n) is 6.98. The molecule has 2 aromatic rings. The average molecular weight is 372 g/mol. The van der Waals surface area contributed by atoms with Crippen molar-refractivity contribution in [1.82, 2.24) is 4.98 Å². The Morgan fingerprint density at radius 1 is 1.19 bits per heavy atom. The van der Waals surface area contributed by atoms with Crippen molar-refractivity contribution in [2.75, 3.05) is 12.4 Å². The summed E-state index contributed by atoms with van der Waals surface area (Å²) in [5.41, 5.74) is 1.71. The summed E-state index contributed by atoms with van der Waals surface area (Å²) < 4.78 is 5.15. The summed E-state index contributed by atoms with van der Waals surface area (Å²) in [6, 6.07) is 7.55. The number of thiazole rings is 1. The lowest BCUT2D eigenvalue weighted by atomic mass is 9.79. The second-order valence-corrected chi connectivity index (χ2v) is 7.84. The summed E-state index contributed by atoms with van der Waals surface area (Å²) in [5.74, 6) is -0.972. The summed E-state index contributed by atoms with van der Waals surface area (Å²) >= 11 is 1.35. The van der Waals surface area contributed by atoms with Gasteiger partial charge in [-0.1, -0.05) is 0 Å². The van der Waals surface area contributed by atoms with Crippen LogP contribution in [0.25, 0.3) is 11.3 Å². The van der Waals surface area contributed by atoms with E-state index >= 15 is 0 Å². The van der Waals surface area contributed by atoms with Crippen molar-refractivity contribution in [2.45, 2.75) is 19.3 Å². The number of carbonyl (C=O) groups is 2. The Morgan fingerprint density at radius 2 is 1.88 bits per heavy atom. The minimum Gasteiger partial charge on any atom is -0.497 e. The molecule has 0 aliphatic heterocycles. The van der Waals surface area contributed by atoms with Gasteiger partial charge < -0.3 is 15.2 Å². The number of carbonyl (C=O) groups excluding carboxylic acids is 1. The highest BCUT2D eigenvalue weighted by atomic mass is 32.1. The first-order chi connectivity index (χ1) is 12.6. The van der Waals surface area contributed by atoms with Gasteiger partial charge in [0.2, 0.25) is 5.91 Å². The minimum atomic E-state index is -0.851. The van der Waals surface area contributed by atoms with Crippen LogP contribution in [0.2, 0.25) is 0 Å². The number of ether oxygens (including phenoxy) is 1. The molecule has 6 nitrogen and oxygen atoms in total. The summed E-state index contributed by atoms with van der Waals surface area (Å²) in [5, 5.41) is 14.7. The van der Waals surface area contributed by atoms with Crippen molar-refractivity contribution < 1.29 is 19.4 Å². The van der Waals surface area contributed by atoms with E-state index in [1.54, 1.807) is 7.11 Å². The summed E-state index contributed by atoms with van der Waals surface area (Å²) in [4.78, 5) is 28.8. The van der Waals surface area contributed by atoms with Gasteiger partial charge in [-0.2, -0.15) is 0 Å². The lowest BCUT2D eigenvalue weighted by molar-refractivity contribution is -0.148. The third-order valence-corrected chi connectivity index (χ3v) is 6.38. The zero-order chi connectivity index (χ0) is 18.3. The largest absolute Gasteiger partial charge is 0.497 e. The fraction of sp³-hybridized carbons (Fsp3) is 0.421. The average Bonchev–Trinajstić information content (AvgIpc) is 3.37. The molecule has 2 aliphatic carbocycles. The van der Waals surface area contributed by atoms with Crippen LogP contribution < -0.4 is 10.1 Å². The molecule has 7 heteroatoms. The number of carboxylic acids is 1. The number of benzene rings is 1. The summed E-state index contributed by atoms with van der Waals surface area (Å²) in [6.07, 6.45) is 2.72. The predicted molar refractivity (Wildman–Crippen MR) is 98.2 cm³/mol. The number of rotatable bonds is 5. The van der Waals surface area contributed by atoms with Crippen molar-refractivity contribution in [2.24, 2.45) is 23.7 Å². The minimum absolute atomic E-state index is 0.138. The van der Waals surface area contributed by atoms with Gasteiger partial charge in [-0.05, 0) is 55.4 Å². The first kappa shape index (κ1) is 17.0. The number of hydrogen-bond acceptors (Lipinski definition) is 5. The number of amides is 1. The molecular weight excluding hydrogens is 352 g/mol. The molecule has 1 heterocycles. The van der Waals surface area contributed by atoms with E-state index in [1.807, 2.05) is 29.6 Å². The fourth-order valence-electron chi connectivity index (χ4n) is 4.44. The normalized spacial score (nSPS) is 26.7. The number of methoxy groups -OCH3 is 1. The van der Waals surface area contributed by atoms with Crippen molar-refractivity contribution in [3.8, 4) is 17.0 Å². The molecule has 1 aromatic heterocycles. The van der Waals surface area contributed by atoms with Crippen LogP contribution in [-0.4, -0.2) is 29.1 Å². The Morgan fingerprint density at radius 3 is 2.54 bits per heavy atom. The van der Waals surface area contributed by atoms with Gasteiger partial charge in [0, 0.05) is 10.9 Å². The van der Waals surface area contributed by atoms with Crippen molar-refractivity contribution in [1.29, 1.82) is 0 Å². The van der Waals surface area contributed by atoms with Gasteiger partial charge >= 0.3 is 5.97 Å². The molecule has 2 N–H and O–H groups in total. The van der Waals surface area contributed by atoms with Crippen LogP contribution in [0.5, 0.6) is 5.75 Å². The standard InChI is InChI=1S/C19H20N2O4S/c1-25-13-6-4-10(5-7-13)14-9-26-19(20-14)21-17(22)15-11-2-3-12(8-11)16(15)18(23)24/h4-7,9,11-12,15-16H,2-3,8H2,1H3,(H,23,24)(H,20,21,22)/t11-,12-,15-,16+/m0/s1. The molecule has 4 rings (SSSR count). The number of carboxylic acid groups (broad SMARTS) is 1. The Hall–Kier alpha value is -2.41. The van der Waals surface area contributed by atoms with Crippen LogP contribution in [0.1, 0.15) is 19.3 Å². The van der Waals surface area contributed by atoms with E-state index in [4.69, 9.17) is 4.74 Å². The van der Waals surface area contributed by atoms with Gasteiger partial charge in [-0.15, -0.1) is 11.3 Å². The van der Waals surface area contributed by atoms with Crippen LogP contribution >= 0.6 is 11.3 Å². The number of aromatic nitrogens is 1. The summed E-state index contributed by atoms with van der Waals surface area (Å²) in [6.45, 7) is 0. The van der Waals surface area contributed by atoms with E-state index < -0.39 is 17.8 Å². The molecule has 2 fully saturated rings. The monoisotopic (exact) mass is 372 g/mol. The lowest BCUT2D eigenvalue weighted by Gasteiger charge is -2.26. The van der Waals surface area contributed by atoms with Crippen LogP contribution in [-0.2, 0) is 9.59 Å². The van der Waals surface area contributed by atoms with Crippen molar-refractivity contribution in [3.63, 3.8) is 0 Å². The molecule has 4 atom stereocenters. The fourth-order valence-corrected chi connectivity index (χ4v) is 5.16. The van der Waals surface area contributed by atoms with E-state index in [0.29, 0.717) is 5.13 Å². The van der Waals surface area contributed by atoms with Crippen molar-refractivity contribution >= 4 is 28.3 Å². The number of nitrogens with one attached hydrogen (secondary N) is 1. The van der Waals surface area contributed by atoms with Crippen LogP contribution in [0.15, 0.2) is 29.6 Å². The topological polar surface area (TPSA) is 88.5 Å². The molecule has 2 bridgehead atoms. The molecule has 0 unspecified atom stereocenters. The zero-order valence-electron chi connectivity index (χ0n) is 14.3. The zero-order valence-corrected chi connectivity index (χ0v) is 15.2. The second kappa shape index (κ2) is 6.72. The Kier molecular flexibility index (Phi) is 4.40. The maximum atomic E-state index is 12.7. The molecule has 136 valence electrons. The smallest absolute Gasteiger partial charge is 0.307 e. The highest BCUT2D eigenvalue weighted by Crippen LogP contribution is 2.52. The Balaban J connectivity index is 1.48. The number of hydrogen-bond donors (Lipinski definition) is 2. The van der Waals surface area contributed by atoms with Crippen molar-refractivity contribution in [3.05, 3.63) is 29.6 Å². The highest BCUT2D eigenvalue weighted by molar-refractivity contribution is 7.14. The third-order valence-electron chi connectivity index (χ3n) is 5.62. The van der Waals surface area contributed by atoms with Gasteiger partial charge in [0.15, 0.2) is 5.13 Å². The lowest BCUT2D eigenvalue weighted by Crippen LogP contribution is -2.37. The van der Waals surface area contributed by atoms with Gasteiger partial charge in [0.1, 0.15) is 5.75 Å². The first-order valence-electron chi connectivity index (χ1n) is 8.70. The Bertz CT molecular complexity index is 832. The third kappa shape index (κ3) is 2.96. The molecular formula is C19H20N2O4S. The van der Waals surface area contributed by atoms with E-state index in [1.165, 1.54) is 11.3 Å². The maximum absolute atomic E-state index is 12.7. The van der Waals surface area contributed by atoms with Gasteiger partial charge in [-0.25, -0.2) is 4.98 Å². The molecule has 0 saturated heterocycles. The quantitative estimate of drug-likeness (QED) is 0.838. The summed E-state index contributed by atoms with van der Waals surface area (Å²) in [7, 11) is 1.62.